The van der Waals surface area contributed by atoms with Crippen LogP contribution in [0, 0.1) is 5.92 Å². The van der Waals surface area contributed by atoms with E-state index in [0.29, 0.717) is 0 Å². The maximum atomic E-state index is 11.2. The van der Waals surface area contributed by atoms with Crippen LogP contribution in [0.5, 0.6) is 5.75 Å². The molecule has 2 atom stereocenters. The van der Waals surface area contributed by atoms with Gasteiger partial charge >= 0.3 is 5.97 Å². The van der Waals surface area contributed by atoms with Crippen LogP contribution in [0.2, 0.25) is 0 Å². The number of hydrogen-bond acceptors (Lipinski definition) is 2. The summed E-state index contributed by atoms with van der Waals surface area (Å²) < 4.78 is 0. The van der Waals surface area contributed by atoms with Gasteiger partial charge in [0.15, 0.2) is 0 Å². The van der Waals surface area contributed by atoms with Crippen molar-refractivity contribution in [3.05, 3.63) is 29.3 Å². The second-order valence-electron chi connectivity index (χ2n) is 4.93. The lowest BCUT2D eigenvalue weighted by molar-refractivity contribution is -0.149. The highest BCUT2D eigenvalue weighted by molar-refractivity contribution is 5.75. The normalized spacial score (nSPS) is 31.1. The van der Waals surface area contributed by atoms with Crippen molar-refractivity contribution in [3.63, 3.8) is 0 Å². The number of carboxylic acid groups (broad SMARTS) is 1. The van der Waals surface area contributed by atoms with E-state index >= 15 is 0 Å². The van der Waals surface area contributed by atoms with Crippen LogP contribution in [-0.4, -0.2) is 16.2 Å². The Morgan fingerprint density at radius 2 is 2.19 bits per heavy atom. The summed E-state index contributed by atoms with van der Waals surface area (Å²) in [7, 11) is 0. The fraction of sp³-hybridized carbons (Fsp3) is 0.462. The summed E-state index contributed by atoms with van der Waals surface area (Å²) in [6.07, 6.45) is 3.58. The van der Waals surface area contributed by atoms with Gasteiger partial charge in [0.1, 0.15) is 5.75 Å². The van der Waals surface area contributed by atoms with Gasteiger partial charge in [-0.25, -0.2) is 0 Å². The van der Waals surface area contributed by atoms with Gasteiger partial charge in [-0.1, -0.05) is 6.07 Å². The third-order valence-corrected chi connectivity index (χ3v) is 4.31. The number of benzene rings is 1. The first-order valence-electron chi connectivity index (χ1n) is 5.69. The molecule has 2 N–H and O–H groups in total. The van der Waals surface area contributed by atoms with Gasteiger partial charge in [-0.05, 0) is 48.9 Å². The Morgan fingerprint density at radius 3 is 2.81 bits per heavy atom. The predicted molar refractivity (Wildman–Crippen MR) is 58.5 cm³/mol. The van der Waals surface area contributed by atoms with Crippen molar-refractivity contribution < 1.29 is 15.0 Å². The molecule has 0 heterocycles. The number of aromatic hydroxyl groups is 1. The SMILES string of the molecule is O=C(O)C1CC[C@@]12CCc1ccc(O)cc12. The molecular formula is C13H14O3. The molecule has 1 saturated carbocycles. The van der Waals surface area contributed by atoms with Crippen molar-refractivity contribution in [3.8, 4) is 5.75 Å². The van der Waals surface area contributed by atoms with Gasteiger partial charge in [0.25, 0.3) is 0 Å². The van der Waals surface area contributed by atoms with E-state index in [0.717, 1.165) is 31.2 Å². The minimum Gasteiger partial charge on any atom is -0.508 e. The fourth-order valence-electron chi connectivity index (χ4n) is 3.36. The summed E-state index contributed by atoms with van der Waals surface area (Å²) in [6.45, 7) is 0. The van der Waals surface area contributed by atoms with E-state index in [2.05, 4.69) is 0 Å². The van der Waals surface area contributed by atoms with Crippen LogP contribution in [0.25, 0.3) is 0 Å². The number of carboxylic acids is 1. The van der Waals surface area contributed by atoms with E-state index in [1.807, 2.05) is 6.07 Å². The number of aryl methyl sites for hydroxylation is 1. The predicted octanol–water partition coefficient (Wildman–Crippen LogP) is 2.07. The van der Waals surface area contributed by atoms with Crippen LogP contribution in [-0.2, 0) is 16.6 Å². The smallest absolute Gasteiger partial charge is 0.307 e. The van der Waals surface area contributed by atoms with Gasteiger partial charge in [0.2, 0.25) is 0 Å². The molecule has 16 heavy (non-hydrogen) atoms. The molecule has 0 saturated heterocycles. The molecule has 1 spiro atoms. The molecule has 2 aliphatic rings. The van der Waals surface area contributed by atoms with Crippen molar-refractivity contribution in [2.45, 2.75) is 31.1 Å². The maximum Gasteiger partial charge on any atom is 0.307 e. The Morgan fingerprint density at radius 1 is 1.38 bits per heavy atom. The largest absolute Gasteiger partial charge is 0.508 e. The third-order valence-electron chi connectivity index (χ3n) is 4.31. The van der Waals surface area contributed by atoms with E-state index in [-0.39, 0.29) is 17.1 Å². The average molecular weight is 218 g/mol. The number of aliphatic carboxylic acids is 1. The summed E-state index contributed by atoms with van der Waals surface area (Å²) >= 11 is 0. The Balaban J connectivity index is 2.08. The highest BCUT2D eigenvalue weighted by Crippen LogP contribution is 2.56. The summed E-state index contributed by atoms with van der Waals surface area (Å²) in [5.41, 5.74) is 2.11. The summed E-state index contributed by atoms with van der Waals surface area (Å²) in [5.74, 6) is -0.700. The van der Waals surface area contributed by atoms with Gasteiger partial charge < -0.3 is 10.2 Å². The highest BCUT2D eigenvalue weighted by Gasteiger charge is 2.54. The molecule has 0 aliphatic heterocycles. The second-order valence-corrected chi connectivity index (χ2v) is 4.93. The van der Waals surface area contributed by atoms with Gasteiger partial charge in [-0.15, -0.1) is 0 Å². The molecule has 0 radical (unpaired) electrons. The zero-order valence-corrected chi connectivity index (χ0v) is 8.94. The first kappa shape index (κ1) is 9.70. The van der Waals surface area contributed by atoms with Crippen LogP contribution in [0.3, 0.4) is 0 Å². The lowest BCUT2D eigenvalue weighted by atomic mass is 9.57. The number of hydrogen-bond donors (Lipinski definition) is 2. The summed E-state index contributed by atoms with van der Waals surface area (Å²) in [4.78, 5) is 11.2. The van der Waals surface area contributed by atoms with Crippen molar-refractivity contribution in [1.82, 2.24) is 0 Å². The molecule has 0 bridgehead atoms. The topological polar surface area (TPSA) is 57.5 Å². The minimum absolute atomic E-state index is 0.181. The van der Waals surface area contributed by atoms with Crippen molar-refractivity contribution >= 4 is 5.97 Å². The van der Waals surface area contributed by atoms with Crippen molar-refractivity contribution in [2.24, 2.45) is 5.92 Å². The second kappa shape index (κ2) is 3.00. The molecule has 0 amide bonds. The molecule has 1 unspecified atom stereocenters. The van der Waals surface area contributed by atoms with Crippen molar-refractivity contribution in [2.75, 3.05) is 0 Å². The number of phenolic OH excluding ortho intramolecular Hbond substituents is 1. The molecule has 0 aromatic heterocycles. The maximum absolute atomic E-state index is 11.2. The molecular weight excluding hydrogens is 204 g/mol. The zero-order valence-electron chi connectivity index (χ0n) is 8.94. The summed E-state index contributed by atoms with van der Waals surface area (Å²) in [5, 5.41) is 18.7. The Kier molecular flexibility index (Phi) is 1.82. The molecule has 3 nitrogen and oxygen atoms in total. The van der Waals surface area contributed by atoms with Crippen LogP contribution in [0.15, 0.2) is 18.2 Å². The van der Waals surface area contributed by atoms with Gasteiger partial charge in [0.05, 0.1) is 5.92 Å². The first-order chi connectivity index (χ1) is 7.63. The quantitative estimate of drug-likeness (QED) is 0.758. The lowest BCUT2D eigenvalue weighted by Crippen LogP contribution is -2.46. The number of phenols is 1. The van der Waals surface area contributed by atoms with Crippen LogP contribution in [0.4, 0.5) is 0 Å². The molecule has 1 fully saturated rings. The highest BCUT2D eigenvalue weighted by atomic mass is 16.4. The number of carbonyl (C=O) groups is 1. The van der Waals surface area contributed by atoms with Crippen LogP contribution < -0.4 is 0 Å². The monoisotopic (exact) mass is 218 g/mol. The Labute approximate surface area is 93.7 Å². The zero-order chi connectivity index (χ0) is 11.3. The minimum atomic E-state index is -0.692. The standard InChI is InChI=1S/C13H14O3/c14-9-2-1-8-3-5-13(11(8)7-9)6-4-10(13)12(15)16/h1-2,7,10,14H,3-6H2,(H,15,16)/t10?,13-/m0/s1. The average Bonchev–Trinajstić information content (AvgIpc) is 2.55. The van der Waals surface area contributed by atoms with E-state index in [1.165, 1.54) is 5.56 Å². The summed E-state index contributed by atoms with van der Waals surface area (Å²) in [6, 6.07) is 5.38. The molecule has 3 heteroatoms. The van der Waals surface area contributed by atoms with E-state index < -0.39 is 5.97 Å². The molecule has 2 aliphatic carbocycles. The molecule has 1 aromatic rings. The first-order valence-corrected chi connectivity index (χ1v) is 5.69. The fourth-order valence-corrected chi connectivity index (χ4v) is 3.36. The number of rotatable bonds is 1. The third kappa shape index (κ3) is 1.06. The van der Waals surface area contributed by atoms with Crippen LogP contribution >= 0.6 is 0 Å². The molecule has 1 aromatic carbocycles. The number of fused-ring (bicyclic) bond motifs is 2. The van der Waals surface area contributed by atoms with Crippen LogP contribution in [0.1, 0.15) is 30.4 Å². The Hall–Kier alpha value is -1.51. The van der Waals surface area contributed by atoms with E-state index in [1.54, 1.807) is 12.1 Å². The van der Waals surface area contributed by atoms with E-state index in [4.69, 9.17) is 0 Å². The lowest BCUT2D eigenvalue weighted by Gasteiger charge is -2.45. The molecule has 84 valence electrons. The Bertz CT molecular complexity index is 466. The molecule has 3 rings (SSSR count). The van der Waals surface area contributed by atoms with Crippen molar-refractivity contribution in [1.29, 1.82) is 0 Å². The van der Waals surface area contributed by atoms with Gasteiger partial charge in [-0.3, -0.25) is 4.79 Å². The van der Waals surface area contributed by atoms with Gasteiger partial charge in [-0.2, -0.15) is 0 Å². The van der Waals surface area contributed by atoms with E-state index in [9.17, 15) is 15.0 Å². The van der Waals surface area contributed by atoms with Gasteiger partial charge in [0, 0.05) is 5.41 Å².